The van der Waals surface area contributed by atoms with Gasteiger partial charge in [-0.05, 0) is 89.3 Å². The second-order valence-electron chi connectivity index (χ2n) is 13.9. The summed E-state index contributed by atoms with van der Waals surface area (Å²) in [5, 5.41) is 8.42. The smallest absolute Gasteiger partial charge is 0.146 e. The van der Waals surface area contributed by atoms with Gasteiger partial charge in [0.15, 0.2) is 0 Å². The molecule has 12 aromatic rings. The molecule has 0 bridgehead atoms. The normalized spacial score (nSPS) is 12.2. The quantitative estimate of drug-likeness (QED) is 0.175. The standard InChI is InChI=1S/C48H29N5/c1-2-12-32(13-3-1)51-41-19-9-6-15-34(41)37-26-30(22-23-43(37)51)31-24-25-49-47(27-31)52-42-20-10-7-16-35(42)39-28-38-33-14-4-5-17-36(33)48-50-40-18-8-11-21-44(40)53(48)46(38)29-45(39)52/h1-29H. The van der Waals surface area contributed by atoms with Crippen molar-refractivity contribution in [3.63, 3.8) is 0 Å². The van der Waals surface area contributed by atoms with Crippen molar-refractivity contribution in [2.75, 3.05) is 0 Å². The van der Waals surface area contributed by atoms with Gasteiger partial charge in [0.1, 0.15) is 11.5 Å². The number of imidazole rings is 1. The third-order valence-corrected chi connectivity index (χ3v) is 11.0. The lowest BCUT2D eigenvalue weighted by atomic mass is 10.0. The van der Waals surface area contributed by atoms with Crippen LogP contribution >= 0.6 is 0 Å². The fourth-order valence-electron chi connectivity index (χ4n) is 8.74. The first-order valence-electron chi connectivity index (χ1n) is 18.0. The van der Waals surface area contributed by atoms with Crippen LogP contribution in [0.1, 0.15) is 0 Å². The van der Waals surface area contributed by atoms with Gasteiger partial charge in [0.05, 0.1) is 38.6 Å². The molecule has 0 N–H and O–H groups in total. The Bertz CT molecular complexity index is 3460. The number of hydrogen-bond acceptors (Lipinski definition) is 2. The average Bonchev–Trinajstić information content (AvgIpc) is 3.88. The Labute approximate surface area is 303 Å². The monoisotopic (exact) mass is 675 g/mol. The summed E-state index contributed by atoms with van der Waals surface area (Å²) in [6.45, 7) is 0. The third kappa shape index (κ3) is 3.96. The van der Waals surface area contributed by atoms with E-state index in [0.717, 1.165) is 61.2 Å². The zero-order valence-electron chi connectivity index (χ0n) is 28.5. The number of benzene rings is 7. The predicted octanol–water partition coefficient (Wildman–Crippen LogP) is 12.1. The van der Waals surface area contributed by atoms with Gasteiger partial charge in [0, 0.05) is 44.2 Å². The zero-order chi connectivity index (χ0) is 34.6. The van der Waals surface area contributed by atoms with Gasteiger partial charge in [-0.1, -0.05) is 97.1 Å². The van der Waals surface area contributed by atoms with Crippen LogP contribution in [0.4, 0.5) is 0 Å². The molecule has 0 atom stereocenters. The van der Waals surface area contributed by atoms with Gasteiger partial charge in [-0.25, -0.2) is 9.97 Å². The maximum atomic E-state index is 5.14. The Balaban J connectivity index is 1.12. The summed E-state index contributed by atoms with van der Waals surface area (Å²) in [5.74, 6) is 0.882. The lowest BCUT2D eigenvalue weighted by Gasteiger charge is -2.12. The minimum absolute atomic E-state index is 0.882. The first-order valence-corrected chi connectivity index (χ1v) is 18.0. The Kier molecular flexibility index (Phi) is 5.71. The van der Waals surface area contributed by atoms with Gasteiger partial charge < -0.3 is 4.57 Å². The topological polar surface area (TPSA) is 40.0 Å². The van der Waals surface area contributed by atoms with E-state index in [-0.39, 0.29) is 0 Å². The van der Waals surface area contributed by atoms with Crippen LogP contribution in [-0.2, 0) is 0 Å². The van der Waals surface area contributed by atoms with E-state index in [0.29, 0.717) is 0 Å². The van der Waals surface area contributed by atoms with Gasteiger partial charge in [0.2, 0.25) is 0 Å². The Hall–Kier alpha value is -7.24. The Morgan fingerprint density at radius 2 is 0.962 bits per heavy atom. The molecule has 0 spiro atoms. The molecule has 0 aliphatic carbocycles. The molecule has 7 aromatic carbocycles. The lowest BCUT2D eigenvalue weighted by molar-refractivity contribution is 1.08. The second-order valence-corrected chi connectivity index (χ2v) is 13.9. The first-order chi connectivity index (χ1) is 26.3. The SMILES string of the molecule is c1ccc(-n2c3ccccc3c3cc(-c4ccnc(-n5c6ccccc6c6cc7c8ccccc8c8nc9ccccc9n8c7cc65)c4)ccc32)cc1. The van der Waals surface area contributed by atoms with Crippen molar-refractivity contribution in [1.82, 2.24) is 23.5 Å². The fourth-order valence-corrected chi connectivity index (χ4v) is 8.74. The van der Waals surface area contributed by atoms with Gasteiger partial charge in [-0.15, -0.1) is 0 Å². The van der Waals surface area contributed by atoms with Crippen molar-refractivity contribution >= 4 is 82.0 Å². The molecule has 53 heavy (non-hydrogen) atoms. The molecule has 0 aliphatic rings. The van der Waals surface area contributed by atoms with Gasteiger partial charge in [-0.3, -0.25) is 8.97 Å². The summed E-state index contributed by atoms with van der Waals surface area (Å²) in [6, 6.07) is 61.0. The van der Waals surface area contributed by atoms with E-state index in [1.807, 2.05) is 6.20 Å². The molecule has 0 fully saturated rings. The molecule has 246 valence electrons. The molecular weight excluding hydrogens is 647 g/mol. The maximum Gasteiger partial charge on any atom is 0.146 e. The minimum Gasteiger partial charge on any atom is -0.309 e. The number of aromatic nitrogens is 5. The molecule has 5 aromatic heterocycles. The van der Waals surface area contributed by atoms with E-state index < -0.39 is 0 Å². The van der Waals surface area contributed by atoms with Crippen molar-refractivity contribution in [1.29, 1.82) is 0 Å². The third-order valence-electron chi connectivity index (χ3n) is 11.0. The molecular formula is C48H29N5. The van der Waals surface area contributed by atoms with Crippen LogP contribution in [0.5, 0.6) is 0 Å². The molecule has 5 heterocycles. The number of rotatable bonds is 3. The molecule has 0 unspecified atom stereocenters. The van der Waals surface area contributed by atoms with E-state index >= 15 is 0 Å². The number of fused-ring (bicyclic) bond motifs is 14. The largest absolute Gasteiger partial charge is 0.309 e. The molecule has 0 radical (unpaired) electrons. The molecule has 0 saturated heterocycles. The number of para-hydroxylation sites is 5. The molecule has 0 amide bonds. The highest BCUT2D eigenvalue weighted by atomic mass is 15.1. The van der Waals surface area contributed by atoms with Gasteiger partial charge >= 0.3 is 0 Å². The summed E-state index contributed by atoms with van der Waals surface area (Å²) in [5.41, 5.74) is 12.2. The predicted molar refractivity (Wildman–Crippen MR) is 220 cm³/mol. The van der Waals surface area contributed by atoms with E-state index in [1.165, 1.54) is 43.4 Å². The number of pyridine rings is 2. The number of hydrogen-bond donors (Lipinski definition) is 0. The van der Waals surface area contributed by atoms with Crippen LogP contribution in [0.2, 0.25) is 0 Å². The number of nitrogens with zero attached hydrogens (tertiary/aromatic N) is 5. The second kappa shape index (κ2) is 10.6. The zero-order valence-corrected chi connectivity index (χ0v) is 28.5. The molecule has 0 aliphatic heterocycles. The van der Waals surface area contributed by atoms with Crippen LogP contribution in [0.25, 0.3) is 105 Å². The van der Waals surface area contributed by atoms with Crippen LogP contribution < -0.4 is 0 Å². The fraction of sp³-hybridized carbons (Fsp3) is 0. The van der Waals surface area contributed by atoms with Gasteiger partial charge in [-0.2, -0.15) is 0 Å². The van der Waals surface area contributed by atoms with E-state index in [2.05, 4.69) is 183 Å². The van der Waals surface area contributed by atoms with Crippen molar-refractivity contribution in [2.24, 2.45) is 0 Å². The van der Waals surface area contributed by atoms with Crippen LogP contribution in [0, 0.1) is 0 Å². The lowest BCUT2D eigenvalue weighted by Crippen LogP contribution is -1.98. The summed E-state index contributed by atoms with van der Waals surface area (Å²) >= 11 is 0. The maximum absolute atomic E-state index is 5.14. The van der Waals surface area contributed by atoms with Crippen molar-refractivity contribution in [3.05, 3.63) is 176 Å². The summed E-state index contributed by atoms with van der Waals surface area (Å²) in [4.78, 5) is 10.2. The Morgan fingerprint density at radius 3 is 1.77 bits per heavy atom. The van der Waals surface area contributed by atoms with Crippen molar-refractivity contribution in [3.8, 4) is 22.6 Å². The summed E-state index contributed by atoms with van der Waals surface area (Å²) < 4.78 is 7.02. The molecule has 5 nitrogen and oxygen atoms in total. The van der Waals surface area contributed by atoms with Gasteiger partial charge in [0.25, 0.3) is 0 Å². The molecule has 0 saturated carbocycles. The van der Waals surface area contributed by atoms with E-state index in [9.17, 15) is 0 Å². The highest BCUT2D eigenvalue weighted by Crippen LogP contribution is 2.40. The van der Waals surface area contributed by atoms with Crippen LogP contribution in [0.3, 0.4) is 0 Å². The first kappa shape index (κ1) is 28.5. The summed E-state index contributed by atoms with van der Waals surface area (Å²) in [6.07, 6.45) is 1.94. The van der Waals surface area contributed by atoms with Crippen LogP contribution in [-0.4, -0.2) is 23.5 Å². The van der Waals surface area contributed by atoms with E-state index in [1.54, 1.807) is 0 Å². The minimum atomic E-state index is 0.882. The highest BCUT2D eigenvalue weighted by molar-refractivity contribution is 6.20. The average molecular weight is 676 g/mol. The van der Waals surface area contributed by atoms with E-state index in [4.69, 9.17) is 9.97 Å². The molecule has 12 rings (SSSR count). The highest BCUT2D eigenvalue weighted by Gasteiger charge is 2.20. The van der Waals surface area contributed by atoms with Crippen LogP contribution in [0.15, 0.2) is 176 Å². The van der Waals surface area contributed by atoms with Crippen molar-refractivity contribution < 1.29 is 0 Å². The summed E-state index contributed by atoms with van der Waals surface area (Å²) in [7, 11) is 0. The Morgan fingerprint density at radius 1 is 0.358 bits per heavy atom. The van der Waals surface area contributed by atoms with Crippen molar-refractivity contribution in [2.45, 2.75) is 0 Å². The molecule has 5 heteroatoms.